The average Bonchev–Trinajstić information content (AvgIpc) is 3.14. The maximum Gasteiger partial charge on any atom is 0.254 e. The monoisotopic (exact) mass is 365 g/mol. The Bertz CT molecular complexity index is 876. The van der Waals surface area contributed by atoms with Crippen LogP contribution in [0, 0.1) is 5.82 Å². The molecule has 140 valence electrons. The summed E-state index contributed by atoms with van der Waals surface area (Å²) in [6, 6.07) is 17.6. The van der Waals surface area contributed by atoms with Crippen LogP contribution in [0.5, 0.6) is 0 Å². The lowest BCUT2D eigenvalue weighted by Gasteiger charge is -2.23. The van der Waals surface area contributed by atoms with Gasteiger partial charge in [-0.2, -0.15) is 0 Å². The van der Waals surface area contributed by atoms with Crippen LogP contribution in [0.4, 0.5) is 4.39 Å². The number of benzene rings is 2. The van der Waals surface area contributed by atoms with Crippen molar-refractivity contribution in [3.63, 3.8) is 0 Å². The van der Waals surface area contributed by atoms with Crippen LogP contribution in [0.2, 0.25) is 0 Å². The number of rotatable bonds is 5. The van der Waals surface area contributed by atoms with Gasteiger partial charge >= 0.3 is 0 Å². The molecule has 0 bridgehead atoms. The molecule has 0 aliphatic rings. The van der Waals surface area contributed by atoms with Crippen molar-refractivity contribution in [2.24, 2.45) is 0 Å². The van der Waals surface area contributed by atoms with E-state index in [2.05, 4.69) is 32.9 Å². The zero-order chi connectivity index (χ0) is 19.4. The lowest BCUT2D eigenvalue weighted by Crippen LogP contribution is -2.30. The van der Waals surface area contributed by atoms with Gasteiger partial charge in [-0.25, -0.2) is 4.39 Å². The average molecular weight is 365 g/mol. The lowest BCUT2D eigenvalue weighted by molar-refractivity contribution is 0.0717. The Kier molecular flexibility index (Phi) is 5.45. The summed E-state index contributed by atoms with van der Waals surface area (Å²) in [6.07, 6.45) is 1.59. The molecule has 27 heavy (non-hydrogen) atoms. The third-order valence-electron chi connectivity index (χ3n) is 4.50. The topological polar surface area (TPSA) is 33.5 Å². The Labute approximate surface area is 159 Å². The van der Waals surface area contributed by atoms with E-state index < -0.39 is 0 Å². The molecule has 3 rings (SSSR count). The predicted molar refractivity (Wildman–Crippen MR) is 104 cm³/mol. The largest absolute Gasteiger partial charge is 0.467 e. The molecular formula is C23H24FNO2. The number of hydrogen-bond acceptors (Lipinski definition) is 2. The van der Waals surface area contributed by atoms with Gasteiger partial charge in [-0.1, -0.05) is 45.0 Å². The molecule has 0 spiro atoms. The summed E-state index contributed by atoms with van der Waals surface area (Å²) in [5.74, 6) is 0.185. The van der Waals surface area contributed by atoms with Crippen LogP contribution in [0.3, 0.4) is 0 Å². The van der Waals surface area contributed by atoms with E-state index >= 15 is 0 Å². The molecule has 0 aliphatic heterocycles. The fraction of sp³-hybridized carbons (Fsp3) is 0.261. The molecule has 1 amide bonds. The van der Waals surface area contributed by atoms with Gasteiger partial charge in [0, 0.05) is 12.1 Å². The summed E-state index contributed by atoms with van der Waals surface area (Å²) in [5, 5.41) is 0. The normalized spacial score (nSPS) is 11.4. The molecule has 0 aliphatic carbocycles. The molecule has 3 aromatic rings. The van der Waals surface area contributed by atoms with Gasteiger partial charge in [0.1, 0.15) is 11.6 Å². The summed E-state index contributed by atoms with van der Waals surface area (Å²) >= 11 is 0. The fourth-order valence-electron chi connectivity index (χ4n) is 2.90. The lowest BCUT2D eigenvalue weighted by atomic mass is 9.87. The molecule has 1 heterocycles. The van der Waals surface area contributed by atoms with E-state index in [-0.39, 0.29) is 17.1 Å². The highest BCUT2D eigenvalue weighted by Gasteiger charge is 2.19. The zero-order valence-corrected chi connectivity index (χ0v) is 15.9. The second kappa shape index (κ2) is 7.78. The number of hydrogen-bond donors (Lipinski definition) is 0. The predicted octanol–water partition coefficient (Wildman–Crippen LogP) is 5.56. The molecule has 0 radical (unpaired) electrons. The van der Waals surface area contributed by atoms with E-state index in [1.165, 1.54) is 29.8 Å². The molecule has 4 heteroatoms. The zero-order valence-electron chi connectivity index (χ0n) is 15.9. The van der Waals surface area contributed by atoms with Crippen molar-refractivity contribution in [2.45, 2.75) is 39.3 Å². The van der Waals surface area contributed by atoms with E-state index in [9.17, 15) is 9.18 Å². The maximum atomic E-state index is 13.2. The second-order valence-electron chi connectivity index (χ2n) is 7.69. The molecule has 0 saturated heterocycles. The van der Waals surface area contributed by atoms with Crippen LogP contribution in [0.1, 0.15) is 48.0 Å². The molecular weight excluding hydrogens is 341 g/mol. The van der Waals surface area contributed by atoms with Gasteiger partial charge in [-0.3, -0.25) is 4.79 Å². The Morgan fingerprint density at radius 3 is 2.19 bits per heavy atom. The minimum atomic E-state index is -0.359. The van der Waals surface area contributed by atoms with Crippen molar-refractivity contribution < 1.29 is 13.6 Å². The van der Waals surface area contributed by atoms with Crippen LogP contribution < -0.4 is 0 Å². The van der Waals surface area contributed by atoms with Crippen LogP contribution in [-0.2, 0) is 18.5 Å². The number of nitrogens with zero attached hydrogens (tertiary/aromatic N) is 1. The van der Waals surface area contributed by atoms with Crippen LogP contribution in [0.25, 0.3) is 0 Å². The Hall–Kier alpha value is -2.88. The van der Waals surface area contributed by atoms with E-state index in [1.54, 1.807) is 17.2 Å². The van der Waals surface area contributed by atoms with Crippen molar-refractivity contribution in [1.29, 1.82) is 0 Å². The first-order chi connectivity index (χ1) is 12.8. The van der Waals surface area contributed by atoms with Crippen molar-refractivity contribution in [2.75, 3.05) is 0 Å². The van der Waals surface area contributed by atoms with Crippen LogP contribution in [-0.4, -0.2) is 10.8 Å². The number of halogens is 1. The number of carbonyl (C=O) groups excluding carboxylic acids is 1. The molecule has 3 nitrogen and oxygen atoms in total. The highest BCUT2D eigenvalue weighted by molar-refractivity contribution is 5.94. The van der Waals surface area contributed by atoms with Crippen molar-refractivity contribution >= 4 is 5.91 Å². The number of amides is 1. The van der Waals surface area contributed by atoms with Crippen LogP contribution in [0.15, 0.2) is 71.3 Å². The van der Waals surface area contributed by atoms with Gasteiger partial charge in [0.25, 0.3) is 5.91 Å². The summed E-state index contributed by atoms with van der Waals surface area (Å²) in [5.41, 5.74) is 2.81. The van der Waals surface area contributed by atoms with Gasteiger partial charge < -0.3 is 9.32 Å². The first-order valence-electron chi connectivity index (χ1n) is 8.99. The van der Waals surface area contributed by atoms with Crippen molar-refractivity contribution in [1.82, 2.24) is 4.90 Å². The fourth-order valence-corrected chi connectivity index (χ4v) is 2.90. The van der Waals surface area contributed by atoms with Crippen LogP contribution >= 0.6 is 0 Å². The summed E-state index contributed by atoms with van der Waals surface area (Å²) in [7, 11) is 0. The first-order valence-corrected chi connectivity index (χ1v) is 8.99. The molecule has 0 saturated carbocycles. The van der Waals surface area contributed by atoms with E-state index in [0.29, 0.717) is 24.4 Å². The van der Waals surface area contributed by atoms with E-state index in [0.717, 1.165) is 5.56 Å². The van der Waals surface area contributed by atoms with Gasteiger partial charge in [0.05, 0.1) is 12.8 Å². The van der Waals surface area contributed by atoms with Gasteiger partial charge in [0.15, 0.2) is 0 Å². The third-order valence-corrected chi connectivity index (χ3v) is 4.50. The number of carbonyl (C=O) groups is 1. The molecule has 0 fully saturated rings. The minimum Gasteiger partial charge on any atom is -0.467 e. The highest BCUT2D eigenvalue weighted by atomic mass is 19.1. The SMILES string of the molecule is CC(C)(C)c1ccc(CN(Cc2ccco2)C(=O)c2ccc(F)cc2)cc1. The molecule has 1 aromatic heterocycles. The highest BCUT2D eigenvalue weighted by Crippen LogP contribution is 2.23. The van der Waals surface area contributed by atoms with Gasteiger partial charge in [0.2, 0.25) is 0 Å². The summed E-state index contributed by atoms with van der Waals surface area (Å²) in [6.45, 7) is 7.31. The third kappa shape index (κ3) is 4.85. The molecule has 0 unspecified atom stereocenters. The van der Waals surface area contributed by atoms with Gasteiger partial charge in [-0.15, -0.1) is 0 Å². The Balaban J connectivity index is 1.83. The first kappa shape index (κ1) is 18.9. The van der Waals surface area contributed by atoms with Gasteiger partial charge in [-0.05, 0) is 52.9 Å². The molecule has 2 aromatic carbocycles. The quantitative estimate of drug-likeness (QED) is 0.593. The van der Waals surface area contributed by atoms with E-state index in [1.807, 2.05) is 18.2 Å². The van der Waals surface area contributed by atoms with Crippen molar-refractivity contribution in [3.05, 3.63) is 95.2 Å². The summed E-state index contributed by atoms with van der Waals surface area (Å²) < 4.78 is 18.6. The standard InChI is InChI=1S/C23H24FNO2/c1-23(2,3)19-10-6-17(7-11-19)15-25(16-21-5-4-14-27-21)22(26)18-8-12-20(24)13-9-18/h4-14H,15-16H2,1-3H3. The molecule has 0 atom stereocenters. The Morgan fingerprint density at radius 2 is 1.63 bits per heavy atom. The number of furan rings is 1. The smallest absolute Gasteiger partial charge is 0.254 e. The molecule has 0 N–H and O–H groups in total. The summed E-state index contributed by atoms with van der Waals surface area (Å²) in [4.78, 5) is 14.7. The maximum absolute atomic E-state index is 13.2. The van der Waals surface area contributed by atoms with E-state index in [4.69, 9.17) is 4.42 Å². The van der Waals surface area contributed by atoms with Crippen molar-refractivity contribution in [3.8, 4) is 0 Å². The second-order valence-corrected chi connectivity index (χ2v) is 7.69. The minimum absolute atomic E-state index is 0.0797. The Morgan fingerprint density at radius 1 is 0.963 bits per heavy atom.